The molecular weight excluding hydrogens is 315 g/mol. The van der Waals surface area contributed by atoms with E-state index in [0.717, 1.165) is 12.2 Å². The molecule has 1 amide bonds. The quantitative estimate of drug-likeness (QED) is 0.857. The molecule has 0 saturated carbocycles. The van der Waals surface area contributed by atoms with Crippen LogP contribution in [0.3, 0.4) is 0 Å². The smallest absolute Gasteiger partial charge is 0.234 e. The number of benzene rings is 1. The Morgan fingerprint density at radius 2 is 2.24 bits per heavy atom. The van der Waals surface area contributed by atoms with E-state index in [1.807, 2.05) is 18.5 Å². The van der Waals surface area contributed by atoms with E-state index in [4.69, 9.17) is 11.6 Å². The first-order chi connectivity index (χ1) is 10.0. The maximum absolute atomic E-state index is 13.0. The number of amides is 1. The maximum atomic E-state index is 13.0. The molecule has 0 aliphatic carbocycles. The summed E-state index contributed by atoms with van der Waals surface area (Å²) in [5, 5.41) is 11.3. The first-order valence-corrected chi connectivity index (χ1v) is 7.63. The van der Waals surface area contributed by atoms with Gasteiger partial charge in [0.05, 0.1) is 10.8 Å². The first kappa shape index (κ1) is 15.8. The summed E-state index contributed by atoms with van der Waals surface area (Å²) in [5.41, 5.74) is 0.458. The maximum Gasteiger partial charge on any atom is 0.234 e. The van der Waals surface area contributed by atoms with Crippen LogP contribution in [-0.4, -0.2) is 26.4 Å². The first-order valence-electron chi connectivity index (χ1n) is 6.27. The Morgan fingerprint density at radius 3 is 2.86 bits per heavy atom. The predicted molar refractivity (Wildman–Crippen MR) is 81.1 cm³/mol. The summed E-state index contributed by atoms with van der Waals surface area (Å²) >= 11 is 6.94. The highest BCUT2D eigenvalue weighted by molar-refractivity contribution is 7.99. The molecule has 21 heavy (non-hydrogen) atoms. The van der Waals surface area contributed by atoms with E-state index < -0.39 is 5.82 Å². The third-order valence-electron chi connectivity index (χ3n) is 2.78. The zero-order chi connectivity index (χ0) is 15.4. The molecule has 2 rings (SSSR count). The van der Waals surface area contributed by atoms with E-state index in [1.54, 1.807) is 0 Å². The van der Waals surface area contributed by atoms with E-state index in [-0.39, 0.29) is 16.7 Å². The Bertz CT molecular complexity index is 662. The number of halogens is 2. The monoisotopic (exact) mass is 328 g/mol. The molecule has 0 aliphatic heterocycles. The lowest BCUT2D eigenvalue weighted by Crippen LogP contribution is -2.14. The van der Waals surface area contributed by atoms with Crippen molar-refractivity contribution < 1.29 is 9.18 Å². The van der Waals surface area contributed by atoms with Crippen molar-refractivity contribution in [3.8, 4) is 0 Å². The average Bonchev–Trinajstić information content (AvgIpc) is 2.81. The highest BCUT2D eigenvalue weighted by Crippen LogP contribution is 2.20. The highest BCUT2D eigenvalue weighted by Gasteiger charge is 2.11. The molecule has 1 aromatic carbocycles. The summed E-state index contributed by atoms with van der Waals surface area (Å²) in [6.07, 6.45) is 0.782. The lowest BCUT2D eigenvalue weighted by atomic mass is 10.3. The van der Waals surface area contributed by atoms with E-state index in [2.05, 4.69) is 15.5 Å². The van der Waals surface area contributed by atoms with Crippen LogP contribution in [0.1, 0.15) is 12.7 Å². The second kappa shape index (κ2) is 6.91. The van der Waals surface area contributed by atoms with Crippen molar-refractivity contribution >= 4 is 35.0 Å². The summed E-state index contributed by atoms with van der Waals surface area (Å²) in [4.78, 5) is 11.8. The number of anilines is 1. The van der Waals surface area contributed by atoms with Crippen molar-refractivity contribution in [1.82, 2.24) is 14.8 Å². The van der Waals surface area contributed by atoms with Gasteiger partial charge >= 0.3 is 0 Å². The fourth-order valence-electron chi connectivity index (χ4n) is 1.68. The summed E-state index contributed by atoms with van der Waals surface area (Å²) in [5.74, 6) is 0.312. The van der Waals surface area contributed by atoms with Gasteiger partial charge in [0, 0.05) is 19.2 Å². The molecule has 2 aromatic rings. The Labute approximate surface area is 130 Å². The number of rotatable bonds is 5. The molecule has 1 heterocycles. The second-order valence-electron chi connectivity index (χ2n) is 4.28. The Morgan fingerprint density at radius 1 is 1.48 bits per heavy atom. The van der Waals surface area contributed by atoms with Crippen molar-refractivity contribution in [2.24, 2.45) is 7.05 Å². The van der Waals surface area contributed by atoms with Gasteiger partial charge in [0.1, 0.15) is 11.6 Å². The number of carbonyl (C=O) groups excluding carboxylic acids is 1. The normalized spacial score (nSPS) is 10.7. The number of aromatic nitrogens is 3. The number of aryl methyl sites for hydroxylation is 1. The van der Waals surface area contributed by atoms with Crippen molar-refractivity contribution in [2.45, 2.75) is 18.5 Å². The molecule has 8 heteroatoms. The number of hydrogen-bond acceptors (Lipinski definition) is 4. The minimum atomic E-state index is -0.518. The van der Waals surface area contributed by atoms with Crippen LogP contribution in [-0.2, 0) is 18.3 Å². The van der Waals surface area contributed by atoms with Crippen LogP contribution in [0, 0.1) is 5.82 Å². The highest BCUT2D eigenvalue weighted by atomic mass is 35.5. The molecule has 112 valence electrons. The van der Waals surface area contributed by atoms with Crippen molar-refractivity contribution in [1.29, 1.82) is 0 Å². The van der Waals surface area contributed by atoms with E-state index in [0.29, 0.717) is 10.8 Å². The third-order valence-corrected chi connectivity index (χ3v) is 4.09. The minimum Gasteiger partial charge on any atom is -0.325 e. The van der Waals surface area contributed by atoms with Gasteiger partial charge in [0.25, 0.3) is 0 Å². The van der Waals surface area contributed by atoms with Gasteiger partial charge in [-0.25, -0.2) is 4.39 Å². The van der Waals surface area contributed by atoms with E-state index >= 15 is 0 Å². The third kappa shape index (κ3) is 3.95. The van der Waals surface area contributed by atoms with Crippen LogP contribution in [0.15, 0.2) is 23.4 Å². The van der Waals surface area contributed by atoms with Gasteiger partial charge in [-0.2, -0.15) is 0 Å². The van der Waals surface area contributed by atoms with Gasteiger partial charge in [-0.15, -0.1) is 10.2 Å². The molecule has 0 unspecified atom stereocenters. The van der Waals surface area contributed by atoms with Crippen LogP contribution in [0.2, 0.25) is 5.02 Å². The molecule has 5 nitrogen and oxygen atoms in total. The molecule has 1 N–H and O–H groups in total. The second-order valence-corrected chi connectivity index (χ2v) is 5.63. The summed E-state index contributed by atoms with van der Waals surface area (Å²) in [7, 11) is 1.86. The molecule has 0 saturated heterocycles. The summed E-state index contributed by atoms with van der Waals surface area (Å²) in [6.45, 7) is 1.99. The number of nitrogens with zero attached hydrogens (tertiary/aromatic N) is 3. The molecule has 0 radical (unpaired) electrons. The fraction of sp³-hybridized carbons (Fsp3) is 0.308. The molecule has 0 spiro atoms. The van der Waals surface area contributed by atoms with Gasteiger partial charge < -0.3 is 9.88 Å². The molecule has 0 atom stereocenters. The molecule has 1 aromatic heterocycles. The standard InChI is InChI=1S/C13H14ClFN4OS/c1-3-11-17-18-13(19(11)2)21-7-12(20)16-8-4-5-10(15)9(14)6-8/h4-6H,3,7H2,1-2H3,(H,16,20). The number of thioether (sulfide) groups is 1. The van der Waals surface area contributed by atoms with Crippen LogP contribution >= 0.6 is 23.4 Å². The molecule has 0 aliphatic rings. The van der Waals surface area contributed by atoms with Crippen LogP contribution in [0.4, 0.5) is 10.1 Å². The van der Waals surface area contributed by atoms with Crippen molar-refractivity contribution in [3.05, 3.63) is 34.9 Å². The van der Waals surface area contributed by atoms with Gasteiger partial charge in [-0.3, -0.25) is 4.79 Å². The SMILES string of the molecule is CCc1nnc(SCC(=O)Nc2ccc(F)c(Cl)c2)n1C. The van der Waals surface area contributed by atoms with E-state index in [1.165, 1.54) is 30.0 Å². The van der Waals surface area contributed by atoms with Crippen LogP contribution in [0.5, 0.6) is 0 Å². The molecule has 0 fully saturated rings. The van der Waals surface area contributed by atoms with Crippen molar-refractivity contribution in [2.75, 3.05) is 11.1 Å². The van der Waals surface area contributed by atoms with Gasteiger partial charge in [0.15, 0.2) is 5.16 Å². The Kier molecular flexibility index (Phi) is 5.19. The van der Waals surface area contributed by atoms with Gasteiger partial charge in [-0.05, 0) is 18.2 Å². The fourth-order valence-corrected chi connectivity index (χ4v) is 2.59. The zero-order valence-corrected chi connectivity index (χ0v) is 13.1. The van der Waals surface area contributed by atoms with Crippen LogP contribution in [0.25, 0.3) is 0 Å². The number of carbonyl (C=O) groups is 1. The van der Waals surface area contributed by atoms with Gasteiger partial charge in [0.2, 0.25) is 5.91 Å². The lowest BCUT2D eigenvalue weighted by molar-refractivity contribution is -0.113. The molecule has 0 bridgehead atoms. The summed E-state index contributed by atoms with van der Waals surface area (Å²) in [6, 6.07) is 4.04. The lowest BCUT2D eigenvalue weighted by Gasteiger charge is -2.06. The zero-order valence-electron chi connectivity index (χ0n) is 11.6. The topological polar surface area (TPSA) is 59.8 Å². The number of hydrogen-bond donors (Lipinski definition) is 1. The molecular formula is C13H14ClFN4OS. The van der Waals surface area contributed by atoms with E-state index in [9.17, 15) is 9.18 Å². The average molecular weight is 329 g/mol. The Balaban J connectivity index is 1.92. The Hall–Kier alpha value is -1.60. The van der Waals surface area contributed by atoms with Crippen LogP contribution < -0.4 is 5.32 Å². The number of nitrogens with one attached hydrogen (secondary N) is 1. The minimum absolute atomic E-state index is 0.0265. The largest absolute Gasteiger partial charge is 0.325 e. The van der Waals surface area contributed by atoms with Crippen molar-refractivity contribution in [3.63, 3.8) is 0 Å². The predicted octanol–water partition coefficient (Wildman–Crippen LogP) is 2.90. The summed E-state index contributed by atoms with van der Waals surface area (Å²) < 4.78 is 14.9. The van der Waals surface area contributed by atoms with Gasteiger partial charge in [-0.1, -0.05) is 30.3 Å².